The molecule has 0 atom stereocenters. The summed E-state index contributed by atoms with van der Waals surface area (Å²) in [4.78, 5) is 34.4. The molecule has 1 fully saturated rings. The van der Waals surface area contributed by atoms with Gasteiger partial charge in [0, 0.05) is 6.04 Å². The van der Waals surface area contributed by atoms with Crippen molar-refractivity contribution in [2.45, 2.75) is 38.3 Å². The lowest BCUT2D eigenvalue weighted by Crippen LogP contribution is -2.44. The number of aromatic nitrogens is 3. The molecule has 0 spiro atoms. The third-order valence-corrected chi connectivity index (χ3v) is 3.18. The molecule has 0 aliphatic heterocycles. The van der Waals surface area contributed by atoms with Crippen LogP contribution in [0.3, 0.4) is 0 Å². The van der Waals surface area contributed by atoms with E-state index in [1.54, 1.807) is 0 Å². The summed E-state index contributed by atoms with van der Waals surface area (Å²) in [5.74, 6) is -1.17. The topological polar surface area (TPSA) is 115 Å². The van der Waals surface area contributed by atoms with E-state index in [0.717, 1.165) is 30.4 Å². The molecule has 1 aromatic heterocycles. The van der Waals surface area contributed by atoms with Gasteiger partial charge in [0.15, 0.2) is 5.69 Å². The number of esters is 1. The lowest BCUT2D eigenvalue weighted by Gasteiger charge is -2.11. The number of amides is 3. The van der Waals surface area contributed by atoms with E-state index in [-0.39, 0.29) is 18.3 Å². The molecule has 0 aromatic carbocycles. The molecule has 114 valence electrons. The zero-order valence-electron chi connectivity index (χ0n) is 11.7. The molecule has 9 heteroatoms. The Labute approximate surface area is 121 Å². The molecule has 0 bridgehead atoms. The Kier molecular flexibility index (Phi) is 4.85. The van der Waals surface area contributed by atoms with Crippen LogP contribution in [0.25, 0.3) is 0 Å². The zero-order valence-corrected chi connectivity index (χ0v) is 11.7. The second-order valence-electron chi connectivity index (χ2n) is 4.80. The summed E-state index contributed by atoms with van der Waals surface area (Å²) in [7, 11) is 1.22. The first-order valence-corrected chi connectivity index (χ1v) is 6.67. The van der Waals surface area contributed by atoms with Gasteiger partial charge in [0.25, 0.3) is 0 Å². The number of rotatable bonds is 4. The monoisotopic (exact) mass is 295 g/mol. The van der Waals surface area contributed by atoms with Crippen LogP contribution in [-0.2, 0) is 16.1 Å². The Balaban J connectivity index is 1.79. The van der Waals surface area contributed by atoms with Crippen molar-refractivity contribution in [3.05, 3.63) is 11.9 Å². The predicted molar refractivity (Wildman–Crippen MR) is 70.3 cm³/mol. The number of nitrogens with one attached hydrogen (secondary N) is 2. The summed E-state index contributed by atoms with van der Waals surface area (Å²) < 4.78 is 5.63. The fourth-order valence-corrected chi connectivity index (χ4v) is 2.18. The highest BCUT2D eigenvalue weighted by molar-refractivity contribution is 5.94. The molecule has 1 aliphatic carbocycles. The number of hydrogen-bond acceptors (Lipinski definition) is 6. The maximum Gasteiger partial charge on any atom is 0.360 e. The molecule has 9 nitrogen and oxygen atoms in total. The fourth-order valence-electron chi connectivity index (χ4n) is 2.18. The van der Waals surface area contributed by atoms with Crippen molar-refractivity contribution in [2.24, 2.45) is 0 Å². The van der Waals surface area contributed by atoms with Crippen LogP contribution >= 0.6 is 0 Å². The molecular formula is C12H17N5O4. The van der Waals surface area contributed by atoms with Crippen LogP contribution in [0.15, 0.2) is 6.20 Å². The number of hydrogen-bond donors (Lipinski definition) is 2. The van der Waals surface area contributed by atoms with Crippen molar-refractivity contribution >= 4 is 17.9 Å². The highest BCUT2D eigenvalue weighted by Crippen LogP contribution is 2.17. The number of imide groups is 1. The fraction of sp³-hybridized carbons (Fsp3) is 0.583. The summed E-state index contributed by atoms with van der Waals surface area (Å²) in [6.45, 7) is -0.206. The number of urea groups is 1. The molecule has 1 heterocycles. The molecule has 1 aromatic rings. The first-order chi connectivity index (χ1) is 10.1. The van der Waals surface area contributed by atoms with Crippen LogP contribution in [0.4, 0.5) is 4.79 Å². The van der Waals surface area contributed by atoms with E-state index in [9.17, 15) is 14.4 Å². The Bertz CT molecular complexity index is 536. The SMILES string of the molecule is COC(=O)c1cn(CC(=O)NC(=O)NC2CCCC2)nn1. The molecule has 2 rings (SSSR count). The van der Waals surface area contributed by atoms with Crippen molar-refractivity contribution in [2.75, 3.05) is 7.11 Å². The largest absolute Gasteiger partial charge is 0.464 e. The molecular weight excluding hydrogens is 278 g/mol. The summed E-state index contributed by atoms with van der Waals surface area (Å²) >= 11 is 0. The minimum atomic E-state index is -0.638. The normalized spacial score (nSPS) is 14.7. The average molecular weight is 295 g/mol. The van der Waals surface area contributed by atoms with Gasteiger partial charge in [-0.25, -0.2) is 14.3 Å². The van der Waals surface area contributed by atoms with Crippen LogP contribution in [0, 0.1) is 0 Å². The van der Waals surface area contributed by atoms with Gasteiger partial charge in [0.1, 0.15) is 6.54 Å². The van der Waals surface area contributed by atoms with Crippen LogP contribution in [0.2, 0.25) is 0 Å². The molecule has 1 aliphatic rings. The molecule has 0 saturated heterocycles. The molecule has 0 unspecified atom stereocenters. The number of carbonyl (C=O) groups is 3. The predicted octanol–water partition coefficient (Wildman–Crippen LogP) is -0.167. The lowest BCUT2D eigenvalue weighted by molar-refractivity contribution is -0.120. The van der Waals surface area contributed by atoms with Gasteiger partial charge < -0.3 is 10.1 Å². The van der Waals surface area contributed by atoms with Crippen LogP contribution in [0.1, 0.15) is 36.2 Å². The van der Waals surface area contributed by atoms with Crippen LogP contribution < -0.4 is 10.6 Å². The van der Waals surface area contributed by atoms with E-state index in [2.05, 4.69) is 25.7 Å². The van der Waals surface area contributed by atoms with E-state index in [1.165, 1.54) is 13.3 Å². The lowest BCUT2D eigenvalue weighted by atomic mass is 10.2. The van der Waals surface area contributed by atoms with Crippen LogP contribution in [0.5, 0.6) is 0 Å². The Hall–Kier alpha value is -2.45. The maximum atomic E-state index is 11.7. The van der Waals surface area contributed by atoms with E-state index >= 15 is 0 Å². The second-order valence-corrected chi connectivity index (χ2v) is 4.80. The van der Waals surface area contributed by atoms with Crippen molar-refractivity contribution in [3.8, 4) is 0 Å². The maximum absolute atomic E-state index is 11.7. The Morgan fingerprint density at radius 1 is 1.38 bits per heavy atom. The van der Waals surface area contributed by atoms with Gasteiger partial charge in [0.2, 0.25) is 5.91 Å². The number of ether oxygens (including phenoxy) is 1. The molecule has 3 amide bonds. The number of nitrogens with zero attached hydrogens (tertiary/aromatic N) is 3. The number of carbonyl (C=O) groups excluding carboxylic acids is 3. The van der Waals surface area contributed by atoms with Crippen molar-refractivity contribution in [1.82, 2.24) is 25.6 Å². The summed E-state index contributed by atoms with van der Waals surface area (Å²) in [5.41, 5.74) is 0.000655. The van der Waals surface area contributed by atoms with E-state index < -0.39 is 17.9 Å². The third-order valence-electron chi connectivity index (χ3n) is 3.18. The Morgan fingerprint density at radius 2 is 2.10 bits per heavy atom. The van der Waals surface area contributed by atoms with Gasteiger partial charge in [0.05, 0.1) is 13.3 Å². The highest BCUT2D eigenvalue weighted by atomic mass is 16.5. The minimum absolute atomic E-state index is 0.000655. The van der Waals surface area contributed by atoms with Gasteiger partial charge in [-0.15, -0.1) is 5.10 Å². The smallest absolute Gasteiger partial charge is 0.360 e. The number of methoxy groups -OCH3 is 1. The molecule has 0 radical (unpaired) electrons. The standard InChI is InChI=1S/C12H17N5O4/c1-21-11(19)9-6-17(16-15-9)7-10(18)14-12(20)13-8-4-2-3-5-8/h6,8H,2-5,7H2,1H3,(H2,13,14,18,20). The van der Waals surface area contributed by atoms with Gasteiger partial charge in [-0.2, -0.15) is 0 Å². The molecule has 21 heavy (non-hydrogen) atoms. The van der Waals surface area contributed by atoms with Crippen molar-refractivity contribution in [1.29, 1.82) is 0 Å². The van der Waals surface area contributed by atoms with Gasteiger partial charge in [-0.3, -0.25) is 10.1 Å². The summed E-state index contributed by atoms with van der Waals surface area (Å²) in [6.07, 6.45) is 5.34. The molecule has 1 saturated carbocycles. The van der Waals surface area contributed by atoms with Gasteiger partial charge >= 0.3 is 12.0 Å². The molecule has 2 N–H and O–H groups in total. The zero-order chi connectivity index (χ0) is 15.2. The van der Waals surface area contributed by atoms with E-state index in [4.69, 9.17) is 0 Å². The highest BCUT2D eigenvalue weighted by Gasteiger charge is 2.18. The summed E-state index contributed by atoms with van der Waals surface area (Å²) in [6, 6.07) is -0.379. The van der Waals surface area contributed by atoms with E-state index in [0.29, 0.717) is 0 Å². The summed E-state index contributed by atoms with van der Waals surface area (Å²) in [5, 5.41) is 12.1. The third kappa shape index (κ3) is 4.26. The second kappa shape index (κ2) is 6.82. The first kappa shape index (κ1) is 14.9. The van der Waals surface area contributed by atoms with E-state index in [1.807, 2.05) is 0 Å². The Morgan fingerprint density at radius 3 is 2.76 bits per heavy atom. The minimum Gasteiger partial charge on any atom is -0.464 e. The quantitative estimate of drug-likeness (QED) is 0.745. The van der Waals surface area contributed by atoms with Gasteiger partial charge in [-0.05, 0) is 12.8 Å². The van der Waals surface area contributed by atoms with Crippen molar-refractivity contribution in [3.63, 3.8) is 0 Å². The van der Waals surface area contributed by atoms with Crippen LogP contribution in [-0.4, -0.2) is 46.1 Å². The first-order valence-electron chi connectivity index (χ1n) is 6.67. The average Bonchev–Trinajstić information content (AvgIpc) is 3.09. The van der Waals surface area contributed by atoms with Crippen molar-refractivity contribution < 1.29 is 19.1 Å². The van der Waals surface area contributed by atoms with Gasteiger partial charge in [-0.1, -0.05) is 18.1 Å².